The summed E-state index contributed by atoms with van der Waals surface area (Å²) in [4.78, 5) is 2.77. The van der Waals surface area contributed by atoms with E-state index in [0.29, 0.717) is 10.8 Å². The Labute approximate surface area is 145 Å². The van der Waals surface area contributed by atoms with Gasteiger partial charge in [-0.3, -0.25) is 0 Å². The van der Waals surface area contributed by atoms with Crippen LogP contribution in [0.2, 0.25) is 0 Å². The fourth-order valence-electron chi connectivity index (χ4n) is 5.38. The Bertz CT molecular complexity index is 360. The topological polar surface area (TPSA) is 3.24 Å². The molecule has 0 aromatic carbocycles. The van der Waals surface area contributed by atoms with Crippen molar-refractivity contribution in [3.05, 3.63) is 12.7 Å². The van der Waals surface area contributed by atoms with E-state index in [9.17, 15) is 0 Å². The highest BCUT2D eigenvalue weighted by atomic mass is 15.1. The lowest BCUT2D eigenvalue weighted by atomic mass is 9.66. The molecule has 23 heavy (non-hydrogen) atoms. The van der Waals surface area contributed by atoms with E-state index in [1.165, 1.54) is 64.6 Å². The zero-order chi connectivity index (χ0) is 17.1. The highest BCUT2D eigenvalue weighted by molar-refractivity contribution is 4.88. The molecule has 0 aromatic heterocycles. The van der Waals surface area contributed by atoms with Crippen LogP contribution >= 0.6 is 0 Å². The highest BCUT2D eigenvalue weighted by Crippen LogP contribution is 2.43. The number of piperidine rings is 1. The van der Waals surface area contributed by atoms with E-state index in [4.69, 9.17) is 0 Å². The molecule has 0 atom stereocenters. The predicted molar refractivity (Wildman–Crippen MR) is 103 cm³/mol. The minimum absolute atomic E-state index is 0.449. The van der Waals surface area contributed by atoms with Gasteiger partial charge in [-0.1, -0.05) is 40.7 Å². The zero-order valence-electron chi connectivity index (χ0n) is 16.5. The van der Waals surface area contributed by atoms with E-state index >= 15 is 0 Å². The number of rotatable bonds is 5. The molecule has 0 unspecified atom stereocenters. The first kappa shape index (κ1) is 19.0. The van der Waals surface area contributed by atoms with E-state index in [0.717, 1.165) is 17.8 Å². The van der Waals surface area contributed by atoms with Crippen LogP contribution in [0.15, 0.2) is 12.7 Å². The van der Waals surface area contributed by atoms with Gasteiger partial charge in [0.1, 0.15) is 0 Å². The second-order valence-electron chi connectivity index (χ2n) is 10.3. The first-order valence-electron chi connectivity index (χ1n) is 10.0. The molecule has 0 amide bonds. The Morgan fingerprint density at radius 1 is 0.913 bits per heavy atom. The van der Waals surface area contributed by atoms with Crippen LogP contribution in [0, 0.1) is 28.6 Å². The van der Waals surface area contributed by atoms with E-state index in [1.54, 1.807) is 0 Å². The molecule has 1 heteroatoms. The number of allylic oxidation sites excluding steroid dienone is 1. The van der Waals surface area contributed by atoms with Gasteiger partial charge < -0.3 is 4.90 Å². The molecule has 0 spiro atoms. The van der Waals surface area contributed by atoms with Crippen LogP contribution in [-0.2, 0) is 0 Å². The maximum atomic E-state index is 3.97. The van der Waals surface area contributed by atoms with Gasteiger partial charge in [0.05, 0.1) is 0 Å². The molecular weight excluding hydrogens is 278 g/mol. The van der Waals surface area contributed by atoms with Crippen molar-refractivity contribution in [2.75, 3.05) is 19.6 Å². The first-order chi connectivity index (χ1) is 10.7. The van der Waals surface area contributed by atoms with Crippen molar-refractivity contribution in [1.82, 2.24) is 4.90 Å². The minimum Gasteiger partial charge on any atom is -0.303 e. The zero-order valence-corrected chi connectivity index (χ0v) is 16.5. The Morgan fingerprint density at radius 2 is 1.48 bits per heavy atom. The summed E-state index contributed by atoms with van der Waals surface area (Å²) in [5.74, 6) is 2.66. The third kappa shape index (κ3) is 5.93. The van der Waals surface area contributed by atoms with Crippen molar-refractivity contribution in [2.24, 2.45) is 28.6 Å². The number of hydrogen-bond acceptors (Lipinski definition) is 1. The molecule has 2 fully saturated rings. The van der Waals surface area contributed by atoms with Gasteiger partial charge >= 0.3 is 0 Å². The molecule has 1 heterocycles. The third-order valence-corrected chi connectivity index (χ3v) is 6.42. The van der Waals surface area contributed by atoms with Crippen LogP contribution in [0.3, 0.4) is 0 Å². The van der Waals surface area contributed by atoms with Gasteiger partial charge in [0.2, 0.25) is 0 Å². The smallest absolute Gasteiger partial charge is 0.000967 e. The van der Waals surface area contributed by atoms with Crippen LogP contribution in [0.25, 0.3) is 0 Å². The van der Waals surface area contributed by atoms with Crippen molar-refractivity contribution in [1.29, 1.82) is 0 Å². The molecule has 1 aliphatic heterocycles. The average Bonchev–Trinajstić information content (AvgIpc) is 2.46. The summed E-state index contributed by atoms with van der Waals surface area (Å²) in [5.41, 5.74) is 0.941. The normalized spacial score (nSPS) is 28.7. The van der Waals surface area contributed by atoms with E-state index < -0.39 is 0 Å². The molecule has 1 saturated heterocycles. The summed E-state index contributed by atoms with van der Waals surface area (Å²) < 4.78 is 0. The van der Waals surface area contributed by atoms with Crippen molar-refractivity contribution in [2.45, 2.75) is 79.6 Å². The Balaban J connectivity index is 1.74. The van der Waals surface area contributed by atoms with Crippen LogP contribution in [-0.4, -0.2) is 24.5 Å². The molecule has 2 aliphatic rings. The van der Waals surface area contributed by atoms with Gasteiger partial charge in [-0.05, 0) is 86.6 Å². The van der Waals surface area contributed by atoms with Gasteiger partial charge in [0, 0.05) is 6.54 Å². The number of likely N-dealkylation sites (tertiary alicyclic amines) is 1. The fraction of sp³-hybridized carbons (Fsp3) is 0.909. The maximum absolute atomic E-state index is 3.97. The molecule has 0 N–H and O–H groups in total. The number of hydrogen-bond donors (Lipinski definition) is 0. The van der Waals surface area contributed by atoms with Crippen LogP contribution < -0.4 is 0 Å². The lowest BCUT2D eigenvalue weighted by Gasteiger charge is -2.44. The van der Waals surface area contributed by atoms with Crippen molar-refractivity contribution in [3.8, 4) is 0 Å². The maximum Gasteiger partial charge on any atom is 0.000967 e. The van der Waals surface area contributed by atoms with Crippen LogP contribution in [0.4, 0.5) is 0 Å². The predicted octanol–water partition coefficient (Wildman–Crippen LogP) is 6.15. The average molecular weight is 320 g/mol. The summed E-state index contributed by atoms with van der Waals surface area (Å²) in [6, 6.07) is 0. The van der Waals surface area contributed by atoms with Gasteiger partial charge in [-0.25, -0.2) is 0 Å². The van der Waals surface area contributed by atoms with Crippen molar-refractivity contribution < 1.29 is 0 Å². The molecule has 0 radical (unpaired) electrons. The third-order valence-electron chi connectivity index (χ3n) is 6.42. The second kappa shape index (κ2) is 7.72. The van der Waals surface area contributed by atoms with E-state index in [-0.39, 0.29) is 0 Å². The van der Waals surface area contributed by atoms with Gasteiger partial charge in [0.25, 0.3) is 0 Å². The fourth-order valence-corrected chi connectivity index (χ4v) is 5.38. The Hall–Kier alpha value is -0.300. The lowest BCUT2D eigenvalue weighted by Crippen LogP contribution is -2.42. The van der Waals surface area contributed by atoms with Gasteiger partial charge in [0.15, 0.2) is 0 Å². The Kier molecular flexibility index (Phi) is 6.39. The minimum atomic E-state index is 0.449. The van der Waals surface area contributed by atoms with Gasteiger partial charge in [-0.2, -0.15) is 0 Å². The van der Waals surface area contributed by atoms with Gasteiger partial charge in [-0.15, -0.1) is 6.58 Å². The van der Waals surface area contributed by atoms with Crippen molar-refractivity contribution in [3.63, 3.8) is 0 Å². The van der Waals surface area contributed by atoms with E-state index in [1.807, 2.05) is 0 Å². The van der Waals surface area contributed by atoms with Crippen molar-refractivity contribution >= 4 is 0 Å². The summed E-state index contributed by atoms with van der Waals surface area (Å²) >= 11 is 0. The SMILES string of the molecule is C=CC1CCC(CN2CCC(C(C)(C)CC(C)(C)C)CC2)CC1. The molecule has 2 rings (SSSR count). The van der Waals surface area contributed by atoms with Crippen LogP contribution in [0.5, 0.6) is 0 Å². The lowest BCUT2D eigenvalue weighted by molar-refractivity contribution is 0.0574. The standard InChI is InChI=1S/C22H41N/c1-7-18-8-10-19(11-9-18)16-23-14-12-20(13-15-23)22(5,6)17-21(2,3)4/h7,18-20H,1,8-17H2,2-6H3. The quantitative estimate of drug-likeness (QED) is 0.549. The summed E-state index contributed by atoms with van der Waals surface area (Å²) in [6.07, 6.45) is 11.9. The molecular formula is C22H41N. The van der Waals surface area contributed by atoms with E-state index in [2.05, 4.69) is 52.2 Å². The summed E-state index contributed by atoms with van der Waals surface area (Å²) in [6.45, 7) is 20.2. The molecule has 0 aromatic rings. The molecule has 1 aliphatic carbocycles. The highest BCUT2D eigenvalue weighted by Gasteiger charge is 2.35. The largest absolute Gasteiger partial charge is 0.303 e. The number of nitrogens with zero attached hydrogens (tertiary/aromatic N) is 1. The molecule has 134 valence electrons. The molecule has 1 saturated carbocycles. The van der Waals surface area contributed by atoms with Crippen LogP contribution in [0.1, 0.15) is 79.6 Å². The molecule has 0 bridgehead atoms. The second-order valence-corrected chi connectivity index (χ2v) is 10.3. The summed E-state index contributed by atoms with van der Waals surface area (Å²) in [5, 5.41) is 0. The summed E-state index contributed by atoms with van der Waals surface area (Å²) in [7, 11) is 0. The monoisotopic (exact) mass is 319 g/mol. The Morgan fingerprint density at radius 3 is 1.96 bits per heavy atom. The molecule has 1 nitrogen and oxygen atoms in total. The first-order valence-corrected chi connectivity index (χ1v) is 10.0.